The molecule has 0 aliphatic carbocycles. The number of nitrogens with one attached hydrogen (secondary N) is 1. The molecule has 4 nitrogen and oxygen atoms in total. The van der Waals surface area contributed by atoms with Crippen LogP contribution in [0.4, 0.5) is 0 Å². The summed E-state index contributed by atoms with van der Waals surface area (Å²) in [6.45, 7) is 2.50. The Labute approximate surface area is 156 Å². The van der Waals surface area contributed by atoms with Crippen molar-refractivity contribution in [3.8, 4) is 0 Å². The zero-order valence-corrected chi connectivity index (χ0v) is 16.1. The summed E-state index contributed by atoms with van der Waals surface area (Å²) in [7, 11) is 3.38. The molecule has 0 bridgehead atoms. The van der Waals surface area contributed by atoms with Gasteiger partial charge in [-0.15, -0.1) is 0 Å². The van der Waals surface area contributed by atoms with Gasteiger partial charge in [0.15, 0.2) is 0 Å². The Morgan fingerprint density at radius 1 is 1.12 bits per heavy atom. The molecule has 0 heterocycles. The molecular weight excluding hydrogens is 380 g/mol. The van der Waals surface area contributed by atoms with E-state index in [4.69, 9.17) is 0 Å². The first kappa shape index (κ1) is 18.9. The molecule has 5 heteroatoms. The number of likely N-dealkylation sites (N-methyl/N-ethyl adjacent to an activating group) is 1. The molecule has 2 amide bonds. The minimum atomic E-state index is -0.157. The molecule has 0 spiro atoms. The van der Waals surface area contributed by atoms with Crippen LogP contribution in [0.5, 0.6) is 0 Å². The van der Waals surface area contributed by atoms with E-state index in [1.807, 2.05) is 37.3 Å². The Morgan fingerprint density at radius 2 is 1.80 bits per heavy atom. The zero-order chi connectivity index (χ0) is 18.4. The minimum absolute atomic E-state index is 0.106. The standard InChI is InChI=1S/C20H21BrN2O2/c1-14-4-6-15(7-5-14)13-22-20(25)17-10-16(11-18(21)12-17)8-9-19(24)23(2)3/h4-12H,13H2,1-3H3,(H,22,25)/b9-8+. The maximum atomic E-state index is 12.4. The Hall–Kier alpha value is -2.40. The van der Waals surface area contributed by atoms with Gasteiger partial charge in [-0.05, 0) is 42.3 Å². The summed E-state index contributed by atoms with van der Waals surface area (Å²) in [5, 5.41) is 2.91. The fourth-order valence-corrected chi connectivity index (χ4v) is 2.66. The van der Waals surface area contributed by atoms with E-state index < -0.39 is 0 Å². The molecule has 0 aliphatic rings. The Morgan fingerprint density at radius 3 is 2.44 bits per heavy atom. The van der Waals surface area contributed by atoms with Crippen LogP contribution in [0.2, 0.25) is 0 Å². The molecule has 1 N–H and O–H groups in total. The predicted molar refractivity (Wildman–Crippen MR) is 104 cm³/mol. The van der Waals surface area contributed by atoms with E-state index in [1.54, 1.807) is 32.3 Å². The summed E-state index contributed by atoms with van der Waals surface area (Å²) in [4.78, 5) is 25.5. The Kier molecular flexibility index (Phi) is 6.53. The van der Waals surface area contributed by atoms with Crippen molar-refractivity contribution in [3.05, 3.63) is 75.3 Å². The number of hydrogen-bond donors (Lipinski definition) is 1. The van der Waals surface area contributed by atoms with E-state index >= 15 is 0 Å². The van der Waals surface area contributed by atoms with Crippen molar-refractivity contribution in [3.63, 3.8) is 0 Å². The maximum Gasteiger partial charge on any atom is 0.251 e. The lowest BCUT2D eigenvalue weighted by molar-refractivity contribution is -0.123. The van der Waals surface area contributed by atoms with Crippen LogP contribution < -0.4 is 5.32 Å². The SMILES string of the molecule is Cc1ccc(CNC(=O)c2cc(Br)cc(/C=C/C(=O)N(C)C)c2)cc1. The Bertz CT molecular complexity index is 796. The summed E-state index contributed by atoms with van der Waals surface area (Å²) in [5.74, 6) is -0.263. The van der Waals surface area contributed by atoms with Gasteiger partial charge in [0.25, 0.3) is 5.91 Å². The van der Waals surface area contributed by atoms with Crippen molar-refractivity contribution in [2.45, 2.75) is 13.5 Å². The van der Waals surface area contributed by atoms with Crippen molar-refractivity contribution >= 4 is 33.8 Å². The number of carbonyl (C=O) groups excluding carboxylic acids is 2. The molecule has 2 aromatic rings. The number of nitrogens with zero attached hydrogens (tertiary/aromatic N) is 1. The average molecular weight is 401 g/mol. The summed E-state index contributed by atoms with van der Waals surface area (Å²) in [6, 6.07) is 13.4. The number of amides is 2. The van der Waals surface area contributed by atoms with Crippen LogP contribution in [0.1, 0.15) is 27.0 Å². The molecule has 0 saturated carbocycles. The number of benzene rings is 2. The number of aryl methyl sites for hydroxylation is 1. The van der Waals surface area contributed by atoms with Crippen LogP contribution in [-0.2, 0) is 11.3 Å². The van der Waals surface area contributed by atoms with Gasteiger partial charge in [-0.3, -0.25) is 9.59 Å². The van der Waals surface area contributed by atoms with Crippen LogP contribution >= 0.6 is 15.9 Å². The van der Waals surface area contributed by atoms with Crippen molar-refractivity contribution in [2.24, 2.45) is 0 Å². The highest BCUT2D eigenvalue weighted by Crippen LogP contribution is 2.17. The third-order valence-corrected chi connectivity index (χ3v) is 4.07. The van der Waals surface area contributed by atoms with Crippen LogP contribution in [-0.4, -0.2) is 30.8 Å². The van der Waals surface area contributed by atoms with E-state index in [1.165, 1.54) is 16.5 Å². The van der Waals surface area contributed by atoms with E-state index in [0.717, 1.165) is 15.6 Å². The maximum absolute atomic E-state index is 12.4. The van der Waals surface area contributed by atoms with E-state index in [-0.39, 0.29) is 11.8 Å². The van der Waals surface area contributed by atoms with E-state index in [2.05, 4.69) is 21.2 Å². The monoisotopic (exact) mass is 400 g/mol. The Balaban J connectivity index is 2.08. The smallest absolute Gasteiger partial charge is 0.251 e. The molecule has 0 radical (unpaired) electrons. The topological polar surface area (TPSA) is 49.4 Å². The minimum Gasteiger partial charge on any atom is -0.348 e. The summed E-state index contributed by atoms with van der Waals surface area (Å²) < 4.78 is 0.785. The molecule has 0 saturated heterocycles. The predicted octanol–water partition coefficient (Wildman–Crippen LogP) is 3.79. The fraction of sp³-hybridized carbons (Fsp3) is 0.200. The molecule has 0 aromatic heterocycles. The zero-order valence-electron chi connectivity index (χ0n) is 14.5. The number of carbonyl (C=O) groups is 2. The normalized spacial score (nSPS) is 10.7. The lowest BCUT2D eigenvalue weighted by Crippen LogP contribution is -2.22. The summed E-state index contributed by atoms with van der Waals surface area (Å²) in [5.41, 5.74) is 3.56. The fourth-order valence-electron chi connectivity index (χ4n) is 2.15. The molecule has 25 heavy (non-hydrogen) atoms. The molecule has 0 atom stereocenters. The van der Waals surface area contributed by atoms with Gasteiger partial charge in [0.05, 0.1) is 0 Å². The molecule has 130 valence electrons. The quantitative estimate of drug-likeness (QED) is 0.776. The molecular formula is C20H21BrN2O2. The second-order valence-corrected chi connectivity index (χ2v) is 6.92. The van der Waals surface area contributed by atoms with Crippen molar-refractivity contribution in [2.75, 3.05) is 14.1 Å². The van der Waals surface area contributed by atoms with Gasteiger partial charge in [-0.2, -0.15) is 0 Å². The van der Waals surface area contributed by atoms with Crippen LogP contribution in [0.3, 0.4) is 0 Å². The highest BCUT2D eigenvalue weighted by Gasteiger charge is 2.08. The van der Waals surface area contributed by atoms with Crippen LogP contribution in [0, 0.1) is 6.92 Å². The molecule has 2 aromatic carbocycles. The number of rotatable bonds is 5. The largest absolute Gasteiger partial charge is 0.348 e. The van der Waals surface area contributed by atoms with Crippen molar-refractivity contribution in [1.82, 2.24) is 10.2 Å². The number of halogens is 1. The van der Waals surface area contributed by atoms with Crippen molar-refractivity contribution < 1.29 is 9.59 Å². The van der Waals surface area contributed by atoms with E-state index in [9.17, 15) is 9.59 Å². The van der Waals surface area contributed by atoms with E-state index in [0.29, 0.717) is 12.1 Å². The van der Waals surface area contributed by atoms with Gasteiger partial charge >= 0.3 is 0 Å². The second-order valence-electron chi connectivity index (χ2n) is 6.01. The van der Waals surface area contributed by atoms with Gasteiger partial charge in [0.2, 0.25) is 5.91 Å². The molecule has 0 fully saturated rings. The first-order valence-corrected chi connectivity index (χ1v) is 8.68. The summed E-state index contributed by atoms with van der Waals surface area (Å²) in [6.07, 6.45) is 3.18. The first-order chi connectivity index (χ1) is 11.8. The highest BCUT2D eigenvalue weighted by atomic mass is 79.9. The molecule has 2 rings (SSSR count). The van der Waals surface area contributed by atoms with Gasteiger partial charge in [0.1, 0.15) is 0 Å². The van der Waals surface area contributed by atoms with Gasteiger partial charge in [0, 0.05) is 36.8 Å². The van der Waals surface area contributed by atoms with Crippen LogP contribution in [0.25, 0.3) is 6.08 Å². The highest BCUT2D eigenvalue weighted by molar-refractivity contribution is 9.10. The van der Waals surface area contributed by atoms with Crippen LogP contribution in [0.15, 0.2) is 53.0 Å². The van der Waals surface area contributed by atoms with Gasteiger partial charge < -0.3 is 10.2 Å². The lowest BCUT2D eigenvalue weighted by atomic mass is 10.1. The average Bonchev–Trinajstić information content (AvgIpc) is 2.58. The third kappa shape index (κ3) is 5.87. The summed E-state index contributed by atoms with van der Waals surface area (Å²) >= 11 is 3.41. The lowest BCUT2D eigenvalue weighted by Gasteiger charge is -2.08. The number of hydrogen-bond acceptors (Lipinski definition) is 2. The second kappa shape index (κ2) is 8.62. The van der Waals surface area contributed by atoms with Crippen molar-refractivity contribution in [1.29, 1.82) is 0 Å². The van der Waals surface area contributed by atoms with Gasteiger partial charge in [-0.25, -0.2) is 0 Å². The molecule has 0 unspecified atom stereocenters. The first-order valence-electron chi connectivity index (χ1n) is 7.89. The third-order valence-electron chi connectivity index (χ3n) is 3.62. The van der Waals surface area contributed by atoms with Gasteiger partial charge in [-0.1, -0.05) is 45.8 Å². The molecule has 0 aliphatic heterocycles.